The monoisotopic (exact) mass is 516 g/mol. The number of hydrogen-bond donors (Lipinski definition) is 0. The first-order valence-corrected chi connectivity index (χ1v) is 12.8. The molecular weight excluding hydrogens is 480 g/mol. The topological polar surface area (TPSA) is 114 Å². The smallest absolute Gasteiger partial charge is 0.338 e. The molecule has 2 saturated carbocycles. The first-order chi connectivity index (χ1) is 17.3. The standard InChI is InChI=1S/C28H36O9/c1-16-12-13-22(36-25(32)20-10-8-7-9-11-20)27(15-33-17(2)29)24(35-19(4)31)23(34-18(3)30)21-14-28(16,27)37-26(21,5)6/h7-11,16,21-24H,12-15H2,1-6H3/t16-,21+,22+,23+,24-,27+,28-/m1/s1. The fraction of sp³-hybridized carbons (Fsp3) is 0.643. The zero-order chi connectivity index (χ0) is 27.2. The van der Waals surface area contributed by atoms with Gasteiger partial charge in [0.1, 0.15) is 24.2 Å². The van der Waals surface area contributed by atoms with E-state index < -0.39 is 58.8 Å². The Kier molecular flexibility index (Phi) is 7.14. The van der Waals surface area contributed by atoms with Crippen molar-refractivity contribution in [3.8, 4) is 0 Å². The van der Waals surface area contributed by atoms with Gasteiger partial charge in [0.25, 0.3) is 0 Å². The molecule has 0 unspecified atom stereocenters. The molecule has 0 amide bonds. The molecule has 9 nitrogen and oxygen atoms in total. The van der Waals surface area contributed by atoms with Crippen LogP contribution in [-0.2, 0) is 38.1 Å². The number of ether oxygens (including phenoxy) is 5. The molecule has 1 heterocycles. The van der Waals surface area contributed by atoms with Crippen molar-refractivity contribution in [1.29, 1.82) is 0 Å². The van der Waals surface area contributed by atoms with Crippen LogP contribution < -0.4 is 0 Å². The van der Waals surface area contributed by atoms with E-state index in [-0.39, 0.29) is 18.4 Å². The van der Waals surface area contributed by atoms with Crippen LogP contribution in [0, 0.1) is 17.3 Å². The lowest BCUT2D eigenvalue weighted by Crippen LogP contribution is -2.74. The zero-order valence-corrected chi connectivity index (χ0v) is 22.3. The summed E-state index contributed by atoms with van der Waals surface area (Å²) in [4.78, 5) is 50.2. The summed E-state index contributed by atoms with van der Waals surface area (Å²) < 4.78 is 30.5. The minimum absolute atomic E-state index is 0.0599. The van der Waals surface area contributed by atoms with Crippen molar-refractivity contribution in [3.05, 3.63) is 35.9 Å². The van der Waals surface area contributed by atoms with Gasteiger partial charge in [-0.05, 0) is 51.2 Å². The number of esters is 4. The van der Waals surface area contributed by atoms with E-state index in [9.17, 15) is 19.2 Å². The highest BCUT2D eigenvalue weighted by atomic mass is 16.6. The number of carbonyl (C=O) groups is 4. The quantitative estimate of drug-likeness (QED) is 0.413. The molecule has 202 valence electrons. The average Bonchev–Trinajstić information content (AvgIpc) is 3.08. The summed E-state index contributed by atoms with van der Waals surface area (Å²) >= 11 is 0. The van der Waals surface area contributed by atoms with E-state index in [1.165, 1.54) is 20.8 Å². The molecule has 1 aromatic carbocycles. The summed E-state index contributed by atoms with van der Waals surface area (Å²) in [7, 11) is 0. The highest BCUT2D eigenvalue weighted by Gasteiger charge is 2.79. The van der Waals surface area contributed by atoms with Crippen molar-refractivity contribution in [2.24, 2.45) is 17.3 Å². The highest BCUT2D eigenvalue weighted by molar-refractivity contribution is 5.89. The maximum absolute atomic E-state index is 13.3. The second kappa shape index (κ2) is 9.74. The first-order valence-electron chi connectivity index (χ1n) is 12.8. The number of carbonyl (C=O) groups excluding carboxylic acids is 4. The molecule has 1 spiro atoms. The molecule has 1 aromatic rings. The van der Waals surface area contributed by atoms with E-state index in [4.69, 9.17) is 23.7 Å². The van der Waals surface area contributed by atoms with Crippen molar-refractivity contribution < 1.29 is 42.9 Å². The van der Waals surface area contributed by atoms with Gasteiger partial charge >= 0.3 is 23.9 Å². The van der Waals surface area contributed by atoms with E-state index in [2.05, 4.69) is 0 Å². The van der Waals surface area contributed by atoms with Gasteiger partial charge in [0.2, 0.25) is 0 Å². The molecule has 0 radical (unpaired) electrons. The molecule has 4 rings (SSSR count). The molecule has 7 atom stereocenters. The van der Waals surface area contributed by atoms with Gasteiger partial charge in [-0.25, -0.2) is 4.79 Å². The second-order valence-electron chi connectivity index (χ2n) is 11.1. The Hall–Kier alpha value is -2.94. The van der Waals surface area contributed by atoms with E-state index >= 15 is 0 Å². The van der Waals surface area contributed by atoms with E-state index in [0.29, 0.717) is 24.8 Å². The summed E-state index contributed by atoms with van der Waals surface area (Å²) in [5, 5.41) is 0. The van der Waals surface area contributed by atoms with E-state index in [1.807, 2.05) is 20.8 Å². The Balaban J connectivity index is 1.92. The highest BCUT2D eigenvalue weighted by Crippen LogP contribution is 2.67. The maximum atomic E-state index is 13.3. The van der Waals surface area contributed by atoms with Gasteiger partial charge in [0.15, 0.2) is 6.10 Å². The van der Waals surface area contributed by atoms with Crippen LogP contribution in [-0.4, -0.2) is 60.0 Å². The van der Waals surface area contributed by atoms with E-state index in [0.717, 1.165) is 0 Å². The summed E-state index contributed by atoms with van der Waals surface area (Å²) in [6.07, 6.45) is -1.29. The molecule has 3 aliphatic rings. The average molecular weight is 517 g/mol. The largest absolute Gasteiger partial charge is 0.465 e. The molecule has 1 aliphatic heterocycles. The predicted octanol–water partition coefficient (Wildman–Crippen LogP) is 3.62. The second-order valence-corrected chi connectivity index (χ2v) is 11.1. The molecule has 3 fully saturated rings. The van der Waals surface area contributed by atoms with Crippen LogP contribution >= 0.6 is 0 Å². The number of fused-ring (bicyclic) bond motifs is 1. The van der Waals surface area contributed by atoms with Gasteiger partial charge in [-0.2, -0.15) is 0 Å². The predicted molar refractivity (Wildman–Crippen MR) is 130 cm³/mol. The molecule has 2 aliphatic carbocycles. The minimum atomic E-state index is -1.32. The zero-order valence-electron chi connectivity index (χ0n) is 22.3. The Bertz CT molecular complexity index is 1070. The summed E-state index contributed by atoms with van der Waals surface area (Å²) in [5.41, 5.74) is -2.71. The Morgan fingerprint density at radius 2 is 1.57 bits per heavy atom. The van der Waals surface area contributed by atoms with Crippen molar-refractivity contribution in [1.82, 2.24) is 0 Å². The van der Waals surface area contributed by atoms with Crippen molar-refractivity contribution in [3.63, 3.8) is 0 Å². The fourth-order valence-corrected chi connectivity index (χ4v) is 6.95. The van der Waals surface area contributed by atoms with Gasteiger partial charge < -0.3 is 23.7 Å². The summed E-state index contributed by atoms with van der Waals surface area (Å²) in [6, 6.07) is 8.58. The molecule has 37 heavy (non-hydrogen) atoms. The van der Waals surface area contributed by atoms with E-state index in [1.54, 1.807) is 30.3 Å². The summed E-state index contributed by atoms with van der Waals surface area (Å²) in [6.45, 7) is 9.51. The van der Waals surface area contributed by atoms with Crippen LogP contribution in [0.2, 0.25) is 0 Å². The third kappa shape index (κ3) is 4.51. The minimum Gasteiger partial charge on any atom is -0.465 e. The van der Waals surface area contributed by atoms with Crippen LogP contribution in [0.4, 0.5) is 0 Å². The molecule has 9 heteroatoms. The molecular formula is C28H36O9. The van der Waals surface area contributed by atoms with Gasteiger partial charge in [0, 0.05) is 26.7 Å². The number of rotatable bonds is 6. The SMILES string of the molecule is CC(=O)OC[C@@]12[C@@H](OC(=O)c3ccccc3)CC[C@@H](C)[C@]13C[C@@H]([C@H](OC(C)=O)[C@H]2OC(C)=O)C(C)(C)O3. The lowest BCUT2D eigenvalue weighted by molar-refractivity contribution is -0.289. The lowest BCUT2D eigenvalue weighted by Gasteiger charge is -2.61. The van der Waals surface area contributed by atoms with Crippen LogP contribution in [0.25, 0.3) is 0 Å². The van der Waals surface area contributed by atoms with Crippen LogP contribution in [0.3, 0.4) is 0 Å². The number of hydrogen-bond acceptors (Lipinski definition) is 9. The molecule has 0 aromatic heterocycles. The summed E-state index contributed by atoms with van der Waals surface area (Å²) in [5.74, 6) is -2.59. The Morgan fingerprint density at radius 1 is 0.919 bits per heavy atom. The van der Waals surface area contributed by atoms with Gasteiger partial charge in [0.05, 0.1) is 16.8 Å². The Labute approximate surface area is 217 Å². The lowest BCUT2D eigenvalue weighted by atomic mass is 9.49. The fourth-order valence-electron chi connectivity index (χ4n) is 6.95. The number of benzene rings is 1. The normalized spacial score (nSPS) is 35.6. The van der Waals surface area contributed by atoms with Gasteiger partial charge in [-0.3, -0.25) is 14.4 Å². The van der Waals surface area contributed by atoms with Crippen LogP contribution in [0.1, 0.15) is 71.2 Å². The maximum Gasteiger partial charge on any atom is 0.338 e. The third-order valence-corrected chi connectivity index (χ3v) is 8.45. The Morgan fingerprint density at radius 3 is 2.16 bits per heavy atom. The third-order valence-electron chi connectivity index (χ3n) is 8.45. The van der Waals surface area contributed by atoms with Crippen molar-refractivity contribution in [2.75, 3.05) is 6.61 Å². The molecule has 2 bridgehead atoms. The van der Waals surface area contributed by atoms with Crippen molar-refractivity contribution in [2.45, 2.75) is 90.3 Å². The van der Waals surface area contributed by atoms with Crippen LogP contribution in [0.15, 0.2) is 30.3 Å². The van der Waals surface area contributed by atoms with Crippen LogP contribution in [0.5, 0.6) is 0 Å². The van der Waals surface area contributed by atoms with Gasteiger partial charge in [-0.1, -0.05) is 25.1 Å². The van der Waals surface area contributed by atoms with Gasteiger partial charge in [-0.15, -0.1) is 0 Å². The first kappa shape index (κ1) is 27.1. The molecule has 0 N–H and O–H groups in total. The molecule has 1 saturated heterocycles. The van der Waals surface area contributed by atoms with Crippen molar-refractivity contribution >= 4 is 23.9 Å².